The molecule has 0 aromatic heterocycles. The second kappa shape index (κ2) is 5.63. The number of nitro groups is 1. The molecule has 0 N–H and O–H groups in total. The van der Waals surface area contributed by atoms with Crippen molar-refractivity contribution in [3.05, 3.63) is 68.7 Å². The number of aryl methyl sites for hydroxylation is 1. The van der Waals surface area contributed by atoms with Gasteiger partial charge in [-0.25, -0.2) is 0 Å². The van der Waals surface area contributed by atoms with E-state index < -0.39 is 4.92 Å². The molecule has 0 aliphatic rings. The Morgan fingerprint density at radius 2 is 2.05 bits per heavy atom. The summed E-state index contributed by atoms with van der Waals surface area (Å²) in [5.41, 5.74) is 2.43. The third-order valence-corrected chi connectivity index (χ3v) is 2.85. The fraction of sp³-hybridized carbons (Fsp3) is 0.0714. The van der Waals surface area contributed by atoms with E-state index in [1.54, 1.807) is 12.3 Å². The fourth-order valence-corrected chi connectivity index (χ4v) is 1.79. The molecular weight excluding hydrogens is 264 g/mol. The summed E-state index contributed by atoms with van der Waals surface area (Å²) in [6.07, 6.45) is 1.58. The molecule has 0 saturated carbocycles. The number of nitro benzene ring substituents is 1. The van der Waals surface area contributed by atoms with E-state index in [1.165, 1.54) is 12.1 Å². The van der Waals surface area contributed by atoms with E-state index in [4.69, 9.17) is 11.6 Å². The Morgan fingerprint density at radius 1 is 1.26 bits per heavy atom. The highest BCUT2D eigenvalue weighted by Crippen LogP contribution is 2.24. The zero-order chi connectivity index (χ0) is 13.8. The Balaban J connectivity index is 2.29. The molecule has 96 valence electrons. The van der Waals surface area contributed by atoms with Gasteiger partial charge < -0.3 is 0 Å². The molecule has 0 aliphatic heterocycles. The number of rotatable bonds is 3. The molecule has 4 nitrogen and oxygen atoms in total. The number of hydrogen-bond acceptors (Lipinski definition) is 3. The van der Waals surface area contributed by atoms with Gasteiger partial charge in [-0.1, -0.05) is 29.8 Å². The van der Waals surface area contributed by atoms with Crippen molar-refractivity contribution in [1.29, 1.82) is 0 Å². The highest BCUT2D eigenvalue weighted by Gasteiger charge is 2.11. The summed E-state index contributed by atoms with van der Waals surface area (Å²) in [5, 5.41) is 10.9. The van der Waals surface area contributed by atoms with Crippen molar-refractivity contribution in [2.75, 3.05) is 0 Å². The van der Waals surface area contributed by atoms with Crippen LogP contribution >= 0.6 is 11.6 Å². The standard InChI is InChI=1S/C14H11ClN2O2/c1-10-3-2-4-12(7-10)16-9-11-5-6-13(15)14(8-11)17(18)19/h2-9H,1H3. The summed E-state index contributed by atoms with van der Waals surface area (Å²) in [6, 6.07) is 12.3. The largest absolute Gasteiger partial charge is 0.288 e. The average molecular weight is 275 g/mol. The third-order valence-electron chi connectivity index (χ3n) is 2.53. The third kappa shape index (κ3) is 3.39. The van der Waals surface area contributed by atoms with Gasteiger partial charge in [0.25, 0.3) is 5.69 Å². The predicted molar refractivity (Wildman–Crippen MR) is 76.5 cm³/mol. The second-order valence-corrected chi connectivity index (χ2v) is 4.47. The lowest BCUT2D eigenvalue weighted by atomic mass is 10.2. The first-order chi connectivity index (χ1) is 9.06. The maximum absolute atomic E-state index is 10.8. The summed E-state index contributed by atoms with van der Waals surface area (Å²) in [4.78, 5) is 14.5. The van der Waals surface area contributed by atoms with Crippen LogP contribution in [0.5, 0.6) is 0 Å². The van der Waals surface area contributed by atoms with Gasteiger partial charge in [-0.2, -0.15) is 0 Å². The molecule has 0 saturated heterocycles. The zero-order valence-corrected chi connectivity index (χ0v) is 11.0. The van der Waals surface area contributed by atoms with Crippen LogP contribution in [0, 0.1) is 17.0 Å². The minimum Gasteiger partial charge on any atom is -0.258 e. The molecular formula is C14H11ClN2O2. The zero-order valence-electron chi connectivity index (χ0n) is 10.2. The lowest BCUT2D eigenvalue weighted by Gasteiger charge is -1.98. The van der Waals surface area contributed by atoms with Crippen molar-refractivity contribution in [3.8, 4) is 0 Å². The number of nitrogens with zero attached hydrogens (tertiary/aromatic N) is 2. The summed E-state index contributed by atoms with van der Waals surface area (Å²) < 4.78 is 0. The van der Waals surface area contributed by atoms with Gasteiger partial charge in [0.2, 0.25) is 0 Å². The average Bonchev–Trinajstić information content (AvgIpc) is 2.37. The van der Waals surface area contributed by atoms with Gasteiger partial charge in [0.1, 0.15) is 5.02 Å². The van der Waals surface area contributed by atoms with Gasteiger partial charge in [-0.15, -0.1) is 0 Å². The van der Waals surface area contributed by atoms with Gasteiger partial charge in [-0.05, 0) is 36.2 Å². The predicted octanol–water partition coefficient (Wildman–Crippen LogP) is 4.31. The second-order valence-electron chi connectivity index (χ2n) is 4.07. The van der Waals surface area contributed by atoms with Gasteiger partial charge in [0, 0.05) is 12.3 Å². The van der Waals surface area contributed by atoms with Crippen LogP contribution in [0.4, 0.5) is 11.4 Å². The molecule has 0 fully saturated rings. The van der Waals surface area contributed by atoms with Gasteiger partial charge >= 0.3 is 0 Å². The SMILES string of the molecule is Cc1cccc(N=Cc2ccc(Cl)c([N+](=O)[O-])c2)c1. The van der Waals surface area contributed by atoms with E-state index in [2.05, 4.69) is 4.99 Å². The van der Waals surface area contributed by atoms with Crippen LogP contribution in [-0.4, -0.2) is 11.1 Å². The molecule has 0 atom stereocenters. The van der Waals surface area contributed by atoms with Gasteiger partial charge in [0.05, 0.1) is 10.6 Å². The topological polar surface area (TPSA) is 55.5 Å². The first kappa shape index (κ1) is 13.2. The first-order valence-corrected chi connectivity index (χ1v) is 5.99. The monoisotopic (exact) mass is 274 g/mol. The number of halogens is 1. The Kier molecular flexibility index (Phi) is 3.92. The smallest absolute Gasteiger partial charge is 0.258 e. The van der Waals surface area contributed by atoms with Crippen LogP contribution in [-0.2, 0) is 0 Å². The van der Waals surface area contributed by atoms with Crippen LogP contribution in [0.1, 0.15) is 11.1 Å². The first-order valence-electron chi connectivity index (χ1n) is 5.61. The highest BCUT2D eigenvalue weighted by molar-refractivity contribution is 6.32. The summed E-state index contributed by atoms with van der Waals surface area (Å²) in [7, 11) is 0. The lowest BCUT2D eigenvalue weighted by Crippen LogP contribution is -1.91. The summed E-state index contributed by atoms with van der Waals surface area (Å²) >= 11 is 5.74. The number of aliphatic imine (C=N–C) groups is 1. The molecule has 0 bridgehead atoms. The van der Waals surface area contributed by atoms with Crippen molar-refractivity contribution >= 4 is 29.2 Å². The lowest BCUT2D eigenvalue weighted by molar-refractivity contribution is -0.384. The van der Waals surface area contributed by atoms with Crippen molar-refractivity contribution < 1.29 is 4.92 Å². The molecule has 0 radical (unpaired) electrons. The fourth-order valence-electron chi connectivity index (χ4n) is 1.61. The summed E-state index contributed by atoms with van der Waals surface area (Å²) in [6.45, 7) is 1.98. The Labute approximate surface area is 115 Å². The van der Waals surface area contributed by atoms with Crippen molar-refractivity contribution in [3.63, 3.8) is 0 Å². The molecule has 0 unspecified atom stereocenters. The quantitative estimate of drug-likeness (QED) is 0.476. The molecule has 2 rings (SSSR count). The minimum atomic E-state index is -0.508. The number of benzene rings is 2. The van der Waals surface area contributed by atoms with E-state index in [9.17, 15) is 10.1 Å². The maximum atomic E-state index is 10.8. The van der Waals surface area contributed by atoms with Crippen LogP contribution in [0.2, 0.25) is 5.02 Å². The van der Waals surface area contributed by atoms with E-state index in [0.29, 0.717) is 5.56 Å². The van der Waals surface area contributed by atoms with Gasteiger partial charge in [-0.3, -0.25) is 15.1 Å². The van der Waals surface area contributed by atoms with E-state index in [0.717, 1.165) is 11.3 Å². The molecule has 0 amide bonds. The molecule has 0 spiro atoms. The Bertz CT molecular complexity index is 654. The molecule has 0 heterocycles. The van der Waals surface area contributed by atoms with E-state index in [1.807, 2.05) is 31.2 Å². The van der Waals surface area contributed by atoms with Gasteiger partial charge in [0.15, 0.2) is 0 Å². The Hall–Kier alpha value is -2.20. The normalized spacial score (nSPS) is 10.8. The molecule has 5 heteroatoms. The van der Waals surface area contributed by atoms with Crippen LogP contribution in [0.25, 0.3) is 0 Å². The Morgan fingerprint density at radius 3 is 2.74 bits per heavy atom. The molecule has 2 aromatic carbocycles. The number of hydrogen-bond donors (Lipinski definition) is 0. The van der Waals surface area contributed by atoms with Crippen molar-refractivity contribution in [2.24, 2.45) is 4.99 Å². The van der Waals surface area contributed by atoms with Crippen molar-refractivity contribution in [2.45, 2.75) is 6.92 Å². The van der Waals surface area contributed by atoms with Crippen molar-refractivity contribution in [1.82, 2.24) is 0 Å². The summed E-state index contributed by atoms with van der Waals surface area (Å²) in [5.74, 6) is 0. The molecule has 0 aliphatic carbocycles. The van der Waals surface area contributed by atoms with E-state index >= 15 is 0 Å². The molecule has 2 aromatic rings. The highest BCUT2D eigenvalue weighted by atomic mass is 35.5. The van der Waals surface area contributed by atoms with Crippen LogP contribution in [0.15, 0.2) is 47.5 Å². The van der Waals surface area contributed by atoms with E-state index in [-0.39, 0.29) is 10.7 Å². The minimum absolute atomic E-state index is 0.116. The molecule has 19 heavy (non-hydrogen) atoms. The van der Waals surface area contributed by atoms with Crippen LogP contribution in [0.3, 0.4) is 0 Å². The van der Waals surface area contributed by atoms with Crippen LogP contribution < -0.4 is 0 Å². The maximum Gasteiger partial charge on any atom is 0.288 e.